The number of carbonyl (C=O) groups excluding carboxylic acids is 3. The zero-order valence-corrected chi connectivity index (χ0v) is 22.4. The van der Waals surface area contributed by atoms with E-state index in [9.17, 15) is 14.4 Å². The molecule has 2 heterocycles. The van der Waals surface area contributed by atoms with Crippen molar-refractivity contribution < 1.29 is 14.4 Å². The maximum Gasteiger partial charge on any atom is 0.257 e. The standard InChI is InChI=1S/C26H29N5O3S2/c1-17-21(25(34)31-14-12-30(13-15-31)18(2)32)6-5-7-22(17)35-23-16-27-26(36-23)28-24(33)19-8-10-20(11-9-19)29(3)4/h5-11,16H,12-15H2,1-4H3,(H,27,28,33). The molecule has 0 spiro atoms. The lowest BCUT2D eigenvalue weighted by Crippen LogP contribution is -2.50. The lowest BCUT2D eigenvalue weighted by Gasteiger charge is -2.34. The number of nitrogens with one attached hydrogen (secondary N) is 1. The molecule has 0 radical (unpaired) electrons. The molecule has 1 aliphatic rings. The third kappa shape index (κ3) is 5.88. The minimum absolute atomic E-state index is 0.0179. The molecule has 10 heteroatoms. The van der Waals surface area contributed by atoms with E-state index in [0.29, 0.717) is 42.4 Å². The van der Waals surface area contributed by atoms with Crippen molar-refractivity contribution in [3.05, 3.63) is 65.4 Å². The molecule has 3 aromatic rings. The number of rotatable bonds is 6. The Morgan fingerprint density at radius 1 is 1.00 bits per heavy atom. The number of carbonyl (C=O) groups is 3. The molecular formula is C26H29N5O3S2. The Morgan fingerprint density at radius 3 is 2.31 bits per heavy atom. The molecule has 1 fully saturated rings. The number of thiazole rings is 1. The summed E-state index contributed by atoms with van der Waals surface area (Å²) in [5.74, 6) is -0.186. The van der Waals surface area contributed by atoms with Crippen LogP contribution in [0.4, 0.5) is 10.8 Å². The Morgan fingerprint density at radius 2 is 1.67 bits per heavy atom. The summed E-state index contributed by atoms with van der Waals surface area (Å²) in [6.45, 7) is 5.69. The zero-order valence-electron chi connectivity index (χ0n) is 20.8. The van der Waals surface area contributed by atoms with E-state index in [0.717, 1.165) is 20.4 Å². The first-order valence-electron chi connectivity index (χ1n) is 11.6. The monoisotopic (exact) mass is 523 g/mol. The summed E-state index contributed by atoms with van der Waals surface area (Å²) in [5.41, 5.74) is 3.15. The van der Waals surface area contributed by atoms with Crippen LogP contribution in [0, 0.1) is 6.92 Å². The van der Waals surface area contributed by atoms with Gasteiger partial charge in [0.25, 0.3) is 11.8 Å². The lowest BCUT2D eigenvalue weighted by atomic mass is 10.1. The highest BCUT2D eigenvalue weighted by Gasteiger charge is 2.25. The van der Waals surface area contributed by atoms with Crippen LogP contribution in [0.5, 0.6) is 0 Å². The number of amides is 3. The van der Waals surface area contributed by atoms with Gasteiger partial charge in [-0.25, -0.2) is 4.98 Å². The van der Waals surface area contributed by atoms with Gasteiger partial charge in [0.2, 0.25) is 5.91 Å². The SMILES string of the molecule is CC(=O)N1CCN(C(=O)c2cccc(Sc3cnc(NC(=O)c4ccc(N(C)C)cc4)s3)c2C)CC1. The van der Waals surface area contributed by atoms with Crippen molar-refractivity contribution in [1.82, 2.24) is 14.8 Å². The number of anilines is 2. The van der Waals surface area contributed by atoms with Gasteiger partial charge in [-0.1, -0.05) is 29.2 Å². The van der Waals surface area contributed by atoms with E-state index >= 15 is 0 Å². The first kappa shape index (κ1) is 25.7. The molecule has 0 atom stereocenters. The van der Waals surface area contributed by atoms with Gasteiger partial charge in [0, 0.05) is 68.9 Å². The van der Waals surface area contributed by atoms with Gasteiger partial charge in [0.05, 0.1) is 10.4 Å². The predicted molar refractivity (Wildman–Crippen MR) is 144 cm³/mol. The van der Waals surface area contributed by atoms with Gasteiger partial charge in [-0.15, -0.1) is 0 Å². The number of aromatic nitrogens is 1. The fourth-order valence-corrected chi connectivity index (χ4v) is 5.85. The van der Waals surface area contributed by atoms with Gasteiger partial charge >= 0.3 is 0 Å². The minimum Gasteiger partial charge on any atom is -0.378 e. The maximum absolute atomic E-state index is 13.2. The van der Waals surface area contributed by atoms with Crippen LogP contribution in [-0.4, -0.2) is 72.8 Å². The van der Waals surface area contributed by atoms with Crippen molar-refractivity contribution in [2.24, 2.45) is 0 Å². The van der Waals surface area contributed by atoms with Gasteiger partial charge in [-0.2, -0.15) is 0 Å². The second-order valence-corrected chi connectivity index (χ2v) is 11.1. The molecule has 1 aliphatic heterocycles. The second-order valence-electron chi connectivity index (χ2n) is 8.71. The minimum atomic E-state index is -0.208. The van der Waals surface area contributed by atoms with E-state index in [4.69, 9.17) is 0 Å². The average Bonchev–Trinajstić information content (AvgIpc) is 3.31. The Labute approximate surface area is 219 Å². The Kier molecular flexibility index (Phi) is 7.95. The van der Waals surface area contributed by atoms with Crippen LogP contribution in [0.1, 0.15) is 33.2 Å². The van der Waals surface area contributed by atoms with E-state index in [1.165, 1.54) is 23.1 Å². The number of hydrogen-bond donors (Lipinski definition) is 1. The fourth-order valence-electron chi connectivity index (χ4n) is 3.90. The maximum atomic E-state index is 13.2. The van der Waals surface area contributed by atoms with Crippen molar-refractivity contribution in [2.75, 3.05) is 50.5 Å². The Balaban J connectivity index is 1.40. The molecule has 0 aliphatic carbocycles. The van der Waals surface area contributed by atoms with Crippen LogP contribution in [0.15, 0.2) is 57.8 Å². The third-order valence-corrected chi connectivity index (χ3v) is 8.26. The number of nitrogens with zero attached hydrogens (tertiary/aromatic N) is 4. The van der Waals surface area contributed by atoms with Crippen LogP contribution >= 0.6 is 23.1 Å². The van der Waals surface area contributed by atoms with Crippen molar-refractivity contribution in [2.45, 2.75) is 23.0 Å². The van der Waals surface area contributed by atoms with Crippen LogP contribution in [0.25, 0.3) is 0 Å². The second kappa shape index (κ2) is 11.1. The zero-order chi connectivity index (χ0) is 25.8. The molecule has 1 aromatic heterocycles. The molecule has 0 bridgehead atoms. The van der Waals surface area contributed by atoms with Crippen molar-refractivity contribution >= 4 is 51.6 Å². The number of hydrogen-bond acceptors (Lipinski definition) is 7. The van der Waals surface area contributed by atoms with Crippen molar-refractivity contribution in [3.8, 4) is 0 Å². The van der Waals surface area contributed by atoms with Crippen LogP contribution in [-0.2, 0) is 4.79 Å². The summed E-state index contributed by atoms with van der Waals surface area (Å²) < 4.78 is 0.913. The van der Waals surface area contributed by atoms with E-state index in [1.807, 2.05) is 61.2 Å². The summed E-state index contributed by atoms with van der Waals surface area (Å²) in [7, 11) is 3.90. The Bertz CT molecular complexity index is 1260. The lowest BCUT2D eigenvalue weighted by molar-refractivity contribution is -0.130. The summed E-state index contributed by atoms with van der Waals surface area (Å²) >= 11 is 2.91. The number of piperazine rings is 1. The van der Waals surface area contributed by atoms with E-state index in [-0.39, 0.29) is 17.7 Å². The summed E-state index contributed by atoms with van der Waals surface area (Å²) in [5, 5.41) is 3.39. The first-order chi connectivity index (χ1) is 17.2. The van der Waals surface area contributed by atoms with Gasteiger partial charge in [0.15, 0.2) is 5.13 Å². The quantitative estimate of drug-likeness (QED) is 0.521. The van der Waals surface area contributed by atoms with Crippen LogP contribution < -0.4 is 10.2 Å². The highest BCUT2D eigenvalue weighted by molar-refractivity contribution is 8.01. The molecule has 1 N–H and O–H groups in total. The third-order valence-electron chi connectivity index (χ3n) is 6.09. The molecule has 0 saturated carbocycles. The van der Waals surface area contributed by atoms with Gasteiger partial charge in [-0.05, 0) is 48.9 Å². The average molecular weight is 524 g/mol. The van der Waals surface area contributed by atoms with Crippen LogP contribution in [0.2, 0.25) is 0 Å². The topological polar surface area (TPSA) is 85.9 Å². The predicted octanol–water partition coefficient (Wildman–Crippen LogP) is 4.23. The highest BCUT2D eigenvalue weighted by Crippen LogP contribution is 2.37. The summed E-state index contributed by atoms with van der Waals surface area (Å²) in [6.07, 6.45) is 1.73. The largest absolute Gasteiger partial charge is 0.378 e. The normalized spacial score (nSPS) is 13.4. The molecular weight excluding hydrogens is 494 g/mol. The summed E-state index contributed by atoms with van der Waals surface area (Å²) in [4.78, 5) is 48.2. The molecule has 36 heavy (non-hydrogen) atoms. The van der Waals surface area contributed by atoms with Crippen molar-refractivity contribution in [3.63, 3.8) is 0 Å². The van der Waals surface area contributed by atoms with Gasteiger partial charge < -0.3 is 14.7 Å². The first-order valence-corrected chi connectivity index (χ1v) is 13.2. The Hall–Kier alpha value is -3.37. The molecule has 8 nitrogen and oxygen atoms in total. The molecule has 188 valence electrons. The van der Waals surface area contributed by atoms with Gasteiger partial charge in [-0.3, -0.25) is 19.7 Å². The molecule has 0 unspecified atom stereocenters. The van der Waals surface area contributed by atoms with E-state index in [2.05, 4.69) is 10.3 Å². The highest BCUT2D eigenvalue weighted by atomic mass is 32.2. The van der Waals surface area contributed by atoms with Crippen molar-refractivity contribution in [1.29, 1.82) is 0 Å². The van der Waals surface area contributed by atoms with E-state index < -0.39 is 0 Å². The summed E-state index contributed by atoms with van der Waals surface area (Å²) in [6, 6.07) is 13.1. The van der Waals surface area contributed by atoms with E-state index in [1.54, 1.807) is 30.2 Å². The number of benzene rings is 2. The van der Waals surface area contributed by atoms with Gasteiger partial charge in [0.1, 0.15) is 0 Å². The fraction of sp³-hybridized carbons (Fsp3) is 0.308. The van der Waals surface area contributed by atoms with Crippen LogP contribution in [0.3, 0.4) is 0 Å². The molecule has 3 amide bonds. The molecule has 1 saturated heterocycles. The smallest absolute Gasteiger partial charge is 0.257 e. The molecule has 2 aromatic carbocycles. The molecule has 4 rings (SSSR count).